The first-order chi connectivity index (χ1) is 10.9. The zero-order valence-electron chi connectivity index (χ0n) is 13.2. The van der Waals surface area contributed by atoms with Gasteiger partial charge in [0.05, 0.1) is 12.2 Å². The van der Waals surface area contributed by atoms with Gasteiger partial charge in [0.1, 0.15) is 17.7 Å². The average Bonchev–Trinajstić information content (AvgIpc) is 2.55. The number of rotatable bonds is 1. The third-order valence-electron chi connectivity index (χ3n) is 4.11. The SMILES string of the molecule is Cc1ncc2c(n1)CN(c1c(C#N)c(=O)n(C)c(=O)n1C)CC2. The van der Waals surface area contributed by atoms with Crippen molar-refractivity contribution in [1.82, 2.24) is 19.1 Å². The highest BCUT2D eigenvalue weighted by Crippen LogP contribution is 2.23. The lowest BCUT2D eigenvalue weighted by molar-refractivity contribution is 0.626. The third-order valence-corrected chi connectivity index (χ3v) is 4.11. The molecule has 0 saturated carbocycles. The van der Waals surface area contributed by atoms with Crippen molar-refractivity contribution in [3.05, 3.63) is 49.7 Å². The zero-order chi connectivity index (χ0) is 16.7. The fraction of sp³-hybridized carbons (Fsp3) is 0.400. The molecule has 0 aromatic carbocycles. The quantitative estimate of drug-likeness (QED) is 0.712. The summed E-state index contributed by atoms with van der Waals surface area (Å²) in [5.41, 5.74) is 0.868. The maximum Gasteiger partial charge on any atom is 0.332 e. The van der Waals surface area contributed by atoms with E-state index in [9.17, 15) is 14.9 Å². The molecule has 2 aromatic rings. The molecule has 0 unspecified atom stereocenters. The highest BCUT2D eigenvalue weighted by molar-refractivity contribution is 5.54. The molecule has 23 heavy (non-hydrogen) atoms. The second kappa shape index (κ2) is 5.35. The van der Waals surface area contributed by atoms with Gasteiger partial charge in [0.2, 0.25) is 0 Å². The van der Waals surface area contributed by atoms with Gasteiger partial charge in [0, 0.05) is 26.8 Å². The van der Waals surface area contributed by atoms with Gasteiger partial charge in [-0.05, 0) is 18.9 Å². The lowest BCUT2D eigenvalue weighted by Crippen LogP contribution is -2.44. The predicted octanol–water partition coefficient (Wildman–Crippen LogP) is -0.383. The number of aryl methyl sites for hydroxylation is 1. The van der Waals surface area contributed by atoms with E-state index in [0.29, 0.717) is 31.2 Å². The second-order valence-electron chi connectivity index (χ2n) is 5.58. The molecule has 0 amide bonds. The summed E-state index contributed by atoms with van der Waals surface area (Å²) in [4.78, 5) is 34.9. The van der Waals surface area contributed by atoms with E-state index in [1.165, 1.54) is 11.6 Å². The van der Waals surface area contributed by atoms with Crippen molar-refractivity contribution in [2.75, 3.05) is 11.4 Å². The Balaban J connectivity index is 2.16. The Kier molecular flexibility index (Phi) is 3.48. The molecule has 118 valence electrons. The minimum atomic E-state index is -0.574. The van der Waals surface area contributed by atoms with Gasteiger partial charge in [-0.1, -0.05) is 0 Å². The van der Waals surface area contributed by atoms with E-state index in [0.717, 1.165) is 15.8 Å². The molecule has 0 fully saturated rings. The Morgan fingerprint density at radius 3 is 2.70 bits per heavy atom. The van der Waals surface area contributed by atoms with E-state index in [4.69, 9.17) is 0 Å². The maximum absolute atomic E-state index is 12.2. The van der Waals surface area contributed by atoms with Crippen LogP contribution in [-0.4, -0.2) is 25.6 Å². The van der Waals surface area contributed by atoms with Gasteiger partial charge < -0.3 is 4.90 Å². The molecule has 0 N–H and O–H groups in total. The van der Waals surface area contributed by atoms with Crippen LogP contribution >= 0.6 is 0 Å². The molecule has 0 atom stereocenters. The van der Waals surface area contributed by atoms with E-state index >= 15 is 0 Å². The van der Waals surface area contributed by atoms with Crippen LogP contribution in [0, 0.1) is 18.3 Å². The van der Waals surface area contributed by atoms with Crippen molar-refractivity contribution in [2.24, 2.45) is 14.1 Å². The molecule has 2 aromatic heterocycles. The lowest BCUT2D eigenvalue weighted by Gasteiger charge is -2.31. The Morgan fingerprint density at radius 1 is 1.26 bits per heavy atom. The van der Waals surface area contributed by atoms with Crippen LogP contribution in [0.2, 0.25) is 0 Å². The number of hydrogen-bond acceptors (Lipinski definition) is 6. The number of nitrogens with zero attached hydrogens (tertiary/aromatic N) is 6. The van der Waals surface area contributed by atoms with E-state index in [1.54, 1.807) is 7.05 Å². The van der Waals surface area contributed by atoms with Gasteiger partial charge in [-0.3, -0.25) is 13.9 Å². The summed E-state index contributed by atoms with van der Waals surface area (Å²) in [5.74, 6) is 1.02. The topological polar surface area (TPSA) is 96.8 Å². The largest absolute Gasteiger partial charge is 0.350 e. The first kappa shape index (κ1) is 15.0. The smallest absolute Gasteiger partial charge is 0.332 e. The second-order valence-corrected chi connectivity index (χ2v) is 5.58. The van der Waals surface area contributed by atoms with Crippen LogP contribution in [0.25, 0.3) is 0 Å². The van der Waals surface area contributed by atoms with Gasteiger partial charge in [0.25, 0.3) is 5.56 Å². The molecule has 0 radical (unpaired) electrons. The fourth-order valence-electron chi connectivity index (χ4n) is 2.89. The maximum atomic E-state index is 12.2. The van der Waals surface area contributed by atoms with Crippen molar-refractivity contribution >= 4 is 5.82 Å². The van der Waals surface area contributed by atoms with E-state index < -0.39 is 11.2 Å². The molecule has 0 bridgehead atoms. The number of fused-ring (bicyclic) bond motifs is 1. The van der Waals surface area contributed by atoms with Crippen molar-refractivity contribution < 1.29 is 0 Å². The summed E-state index contributed by atoms with van der Waals surface area (Å²) in [6.07, 6.45) is 2.51. The molecule has 0 spiro atoms. The predicted molar refractivity (Wildman–Crippen MR) is 83.2 cm³/mol. The van der Waals surface area contributed by atoms with Gasteiger partial charge >= 0.3 is 5.69 Å². The number of hydrogen-bond donors (Lipinski definition) is 0. The Bertz CT molecular complexity index is 950. The number of anilines is 1. The van der Waals surface area contributed by atoms with Gasteiger partial charge in [0.15, 0.2) is 5.56 Å². The van der Waals surface area contributed by atoms with Crippen molar-refractivity contribution in [3.63, 3.8) is 0 Å². The summed E-state index contributed by atoms with van der Waals surface area (Å²) in [6, 6.07) is 1.94. The van der Waals surface area contributed by atoms with Crippen LogP contribution in [0.5, 0.6) is 0 Å². The highest BCUT2D eigenvalue weighted by Gasteiger charge is 2.25. The average molecular weight is 312 g/mol. The Labute approximate surface area is 132 Å². The summed E-state index contributed by atoms with van der Waals surface area (Å²) in [7, 11) is 2.94. The Morgan fingerprint density at radius 2 is 2.00 bits per heavy atom. The van der Waals surface area contributed by atoms with E-state index in [1.807, 2.05) is 24.1 Å². The summed E-state index contributed by atoms with van der Waals surface area (Å²) >= 11 is 0. The summed E-state index contributed by atoms with van der Waals surface area (Å²) < 4.78 is 2.30. The van der Waals surface area contributed by atoms with E-state index in [-0.39, 0.29) is 5.56 Å². The molecular formula is C15H16N6O2. The fourth-order valence-corrected chi connectivity index (χ4v) is 2.89. The summed E-state index contributed by atoms with van der Waals surface area (Å²) in [5, 5.41) is 9.38. The van der Waals surface area contributed by atoms with Gasteiger partial charge in [-0.15, -0.1) is 0 Å². The van der Waals surface area contributed by atoms with E-state index in [2.05, 4.69) is 9.97 Å². The normalized spacial score (nSPS) is 13.6. The molecule has 3 rings (SSSR count). The minimum absolute atomic E-state index is 0.0242. The molecular weight excluding hydrogens is 296 g/mol. The lowest BCUT2D eigenvalue weighted by atomic mass is 10.1. The van der Waals surface area contributed by atoms with Gasteiger partial charge in [-0.25, -0.2) is 14.8 Å². The van der Waals surface area contributed by atoms with Crippen LogP contribution in [0.3, 0.4) is 0 Å². The first-order valence-corrected chi connectivity index (χ1v) is 7.20. The Hall–Kier alpha value is -2.95. The minimum Gasteiger partial charge on any atom is -0.350 e. The van der Waals surface area contributed by atoms with Crippen LogP contribution < -0.4 is 16.1 Å². The molecule has 1 aliphatic rings. The van der Waals surface area contributed by atoms with Crippen molar-refractivity contribution in [3.8, 4) is 6.07 Å². The van der Waals surface area contributed by atoms with Crippen LogP contribution in [0.1, 0.15) is 22.6 Å². The highest BCUT2D eigenvalue weighted by atomic mass is 16.2. The molecule has 3 heterocycles. The standard InChI is InChI=1S/C15H16N6O2/c1-9-17-7-10-4-5-21(8-12(10)18-9)13-11(6-16)14(22)20(3)15(23)19(13)2/h7H,4-5,8H2,1-3H3. The molecule has 0 saturated heterocycles. The summed E-state index contributed by atoms with van der Waals surface area (Å²) in [6.45, 7) is 2.84. The third kappa shape index (κ3) is 2.30. The molecule has 1 aliphatic heterocycles. The zero-order valence-corrected chi connectivity index (χ0v) is 13.2. The molecule has 0 aliphatic carbocycles. The molecule has 8 nitrogen and oxygen atoms in total. The van der Waals surface area contributed by atoms with Gasteiger partial charge in [-0.2, -0.15) is 5.26 Å². The molecule has 8 heteroatoms. The monoisotopic (exact) mass is 312 g/mol. The first-order valence-electron chi connectivity index (χ1n) is 7.20. The number of aromatic nitrogens is 4. The van der Waals surface area contributed by atoms with Crippen LogP contribution in [0.15, 0.2) is 15.8 Å². The number of nitriles is 1. The van der Waals surface area contributed by atoms with Crippen molar-refractivity contribution in [2.45, 2.75) is 19.9 Å². The van der Waals surface area contributed by atoms with Crippen LogP contribution in [-0.2, 0) is 27.1 Å². The van der Waals surface area contributed by atoms with Crippen molar-refractivity contribution in [1.29, 1.82) is 5.26 Å². The van der Waals surface area contributed by atoms with Crippen LogP contribution in [0.4, 0.5) is 5.82 Å².